The standard InChI is InChI=1S/C19H20N4/c1-22-10-8-18(16-11-14(20)6-7-17(16)22)23-9-2-3-13-4-5-15(21)12-19(13)23/h2-8,11-12H,9-10,20-21H2,1H3. The number of nitrogen functional groups attached to an aromatic ring is 2. The molecule has 0 radical (unpaired) electrons. The molecule has 4 nitrogen and oxygen atoms in total. The summed E-state index contributed by atoms with van der Waals surface area (Å²) in [6.45, 7) is 1.71. The number of rotatable bonds is 1. The predicted octanol–water partition coefficient (Wildman–Crippen LogP) is 3.18. The SMILES string of the molecule is CN1CC=C(N2CC=Cc3ccc(N)cc32)c2cc(N)ccc21. The second kappa shape index (κ2) is 5.09. The molecule has 0 aromatic heterocycles. The Balaban J connectivity index is 1.86. The Labute approximate surface area is 136 Å². The summed E-state index contributed by atoms with van der Waals surface area (Å²) in [5, 5.41) is 0. The summed E-state index contributed by atoms with van der Waals surface area (Å²) in [6.07, 6.45) is 6.60. The van der Waals surface area contributed by atoms with Crippen LogP contribution in [-0.4, -0.2) is 20.1 Å². The fourth-order valence-electron chi connectivity index (χ4n) is 3.33. The zero-order valence-electron chi connectivity index (χ0n) is 13.2. The van der Waals surface area contributed by atoms with Crippen LogP contribution in [0.25, 0.3) is 11.8 Å². The zero-order chi connectivity index (χ0) is 16.0. The number of hydrogen-bond acceptors (Lipinski definition) is 4. The van der Waals surface area contributed by atoms with Crippen molar-refractivity contribution in [3.8, 4) is 0 Å². The summed E-state index contributed by atoms with van der Waals surface area (Å²) in [4.78, 5) is 4.55. The van der Waals surface area contributed by atoms with Crippen LogP contribution in [0.2, 0.25) is 0 Å². The van der Waals surface area contributed by atoms with Gasteiger partial charge in [-0.05, 0) is 42.0 Å². The van der Waals surface area contributed by atoms with E-state index in [4.69, 9.17) is 11.5 Å². The van der Waals surface area contributed by atoms with Crippen LogP contribution in [0.4, 0.5) is 22.7 Å². The molecule has 4 heteroatoms. The predicted molar refractivity (Wildman–Crippen MR) is 99.3 cm³/mol. The van der Waals surface area contributed by atoms with Gasteiger partial charge in [0.05, 0.1) is 5.69 Å². The topological polar surface area (TPSA) is 58.5 Å². The Kier molecular flexibility index (Phi) is 3.05. The number of anilines is 4. The van der Waals surface area contributed by atoms with Crippen molar-refractivity contribution < 1.29 is 0 Å². The van der Waals surface area contributed by atoms with Gasteiger partial charge in [0.25, 0.3) is 0 Å². The molecule has 116 valence electrons. The van der Waals surface area contributed by atoms with E-state index in [2.05, 4.69) is 53.3 Å². The summed E-state index contributed by atoms with van der Waals surface area (Å²) in [7, 11) is 2.10. The maximum Gasteiger partial charge on any atom is 0.0507 e. The van der Waals surface area contributed by atoms with E-state index in [-0.39, 0.29) is 0 Å². The highest BCUT2D eigenvalue weighted by Gasteiger charge is 2.24. The van der Waals surface area contributed by atoms with E-state index in [1.165, 1.54) is 22.5 Å². The molecule has 0 bridgehead atoms. The number of likely N-dealkylation sites (N-methyl/N-ethyl adjacent to an activating group) is 1. The summed E-state index contributed by atoms with van der Waals surface area (Å²) in [6, 6.07) is 12.2. The van der Waals surface area contributed by atoms with E-state index in [0.29, 0.717) is 0 Å². The second-order valence-electron chi connectivity index (χ2n) is 6.08. The fourth-order valence-corrected chi connectivity index (χ4v) is 3.33. The molecule has 2 aliphatic heterocycles. The number of benzene rings is 2. The minimum absolute atomic E-state index is 0.783. The van der Waals surface area contributed by atoms with E-state index in [1.54, 1.807) is 0 Å². The summed E-state index contributed by atoms with van der Waals surface area (Å²) in [5.41, 5.74) is 19.5. The lowest BCUT2D eigenvalue weighted by Gasteiger charge is -2.36. The Bertz CT molecular complexity index is 835. The molecular weight excluding hydrogens is 284 g/mol. The molecule has 2 heterocycles. The lowest BCUT2D eigenvalue weighted by molar-refractivity contribution is 0.987. The highest BCUT2D eigenvalue weighted by molar-refractivity contribution is 5.92. The second-order valence-corrected chi connectivity index (χ2v) is 6.08. The van der Waals surface area contributed by atoms with Gasteiger partial charge in [-0.15, -0.1) is 0 Å². The van der Waals surface area contributed by atoms with E-state index in [9.17, 15) is 0 Å². The van der Waals surface area contributed by atoms with Crippen LogP contribution in [0.15, 0.2) is 48.6 Å². The molecule has 2 aliphatic rings. The molecule has 0 atom stereocenters. The smallest absolute Gasteiger partial charge is 0.0507 e. The number of fused-ring (bicyclic) bond motifs is 2. The van der Waals surface area contributed by atoms with Crippen molar-refractivity contribution >= 4 is 34.5 Å². The van der Waals surface area contributed by atoms with E-state index in [0.717, 1.165) is 30.2 Å². The average Bonchev–Trinajstić information content (AvgIpc) is 2.55. The van der Waals surface area contributed by atoms with Gasteiger partial charge in [0.1, 0.15) is 0 Å². The van der Waals surface area contributed by atoms with Crippen LogP contribution >= 0.6 is 0 Å². The highest BCUT2D eigenvalue weighted by atomic mass is 15.2. The third-order valence-electron chi connectivity index (χ3n) is 4.49. The molecule has 0 saturated heterocycles. The maximum absolute atomic E-state index is 6.04. The normalized spacial score (nSPS) is 16.0. The average molecular weight is 304 g/mol. The lowest BCUT2D eigenvalue weighted by atomic mass is 9.99. The van der Waals surface area contributed by atoms with Crippen molar-refractivity contribution in [2.75, 3.05) is 41.4 Å². The Morgan fingerprint density at radius 3 is 2.57 bits per heavy atom. The molecule has 0 saturated carbocycles. The van der Waals surface area contributed by atoms with E-state index in [1.807, 2.05) is 18.2 Å². The monoisotopic (exact) mass is 304 g/mol. The molecule has 0 spiro atoms. The minimum Gasteiger partial charge on any atom is -0.399 e. The molecule has 0 fully saturated rings. The zero-order valence-corrected chi connectivity index (χ0v) is 13.2. The molecule has 2 aromatic carbocycles. The van der Waals surface area contributed by atoms with Crippen LogP contribution in [0.1, 0.15) is 11.1 Å². The van der Waals surface area contributed by atoms with Gasteiger partial charge in [-0.1, -0.05) is 18.2 Å². The largest absolute Gasteiger partial charge is 0.399 e. The molecule has 0 aliphatic carbocycles. The Morgan fingerprint density at radius 1 is 0.913 bits per heavy atom. The summed E-state index contributed by atoms with van der Waals surface area (Å²) >= 11 is 0. The van der Waals surface area contributed by atoms with E-state index < -0.39 is 0 Å². The molecule has 2 aromatic rings. The first-order valence-corrected chi connectivity index (χ1v) is 7.78. The van der Waals surface area contributed by atoms with Gasteiger partial charge in [-0.25, -0.2) is 0 Å². The Morgan fingerprint density at radius 2 is 1.70 bits per heavy atom. The van der Waals surface area contributed by atoms with Crippen LogP contribution in [0, 0.1) is 0 Å². The van der Waals surface area contributed by atoms with Gasteiger partial charge in [0.2, 0.25) is 0 Å². The highest BCUT2D eigenvalue weighted by Crippen LogP contribution is 2.39. The van der Waals surface area contributed by atoms with Crippen molar-refractivity contribution in [2.45, 2.75) is 0 Å². The van der Waals surface area contributed by atoms with Gasteiger partial charge in [0.15, 0.2) is 0 Å². The van der Waals surface area contributed by atoms with Crippen LogP contribution in [0.5, 0.6) is 0 Å². The van der Waals surface area contributed by atoms with Crippen molar-refractivity contribution in [2.24, 2.45) is 0 Å². The van der Waals surface area contributed by atoms with Gasteiger partial charge < -0.3 is 21.3 Å². The van der Waals surface area contributed by atoms with Crippen molar-refractivity contribution in [3.63, 3.8) is 0 Å². The number of nitrogens with zero attached hydrogens (tertiary/aromatic N) is 2. The van der Waals surface area contributed by atoms with Gasteiger partial charge >= 0.3 is 0 Å². The van der Waals surface area contributed by atoms with Gasteiger partial charge in [-0.2, -0.15) is 0 Å². The quantitative estimate of drug-likeness (QED) is 0.795. The van der Waals surface area contributed by atoms with Gasteiger partial charge in [-0.3, -0.25) is 0 Å². The number of nitrogens with two attached hydrogens (primary N) is 2. The first kappa shape index (κ1) is 13.8. The molecule has 4 rings (SSSR count). The van der Waals surface area contributed by atoms with Crippen LogP contribution in [0.3, 0.4) is 0 Å². The fraction of sp³-hybridized carbons (Fsp3) is 0.158. The third-order valence-corrected chi connectivity index (χ3v) is 4.49. The van der Waals surface area contributed by atoms with Crippen molar-refractivity contribution in [1.29, 1.82) is 0 Å². The third kappa shape index (κ3) is 2.23. The van der Waals surface area contributed by atoms with E-state index >= 15 is 0 Å². The Hall–Kier alpha value is -2.88. The molecular formula is C19H20N4. The van der Waals surface area contributed by atoms with Crippen LogP contribution < -0.4 is 21.3 Å². The summed E-state index contributed by atoms with van der Waals surface area (Å²) in [5.74, 6) is 0. The number of hydrogen-bond donors (Lipinski definition) is 2. The minimum atomic E-state index is 0.783. The maximum atomic E-state index is 6.04. The van der Waals surface area contributed by atoms with Gasteiger partial charge in [0, 0.05) is 48.5 Å². The van der Waals surface area contributed by atoms with Crippen molar-refractivity contribution in [3.05, 3.63) is 59.7 Å². The molecule has 0 amide bonds. The van der Waals surface area contributed by atoms with Crippen molar-refractivity contribution in [1.82, 2.24) is 0 Å². The molecule has 4 N–H and O–H groups in total. The first-order valence-electron chi connectivity index (χ1n) is 7.78. The van der Waals surface area contributed by atoms with Crippen LogP contribution in [-0.2, 0) is 0 Å². The molecule has 23 heavy (non-hydrogen) atoms. The lowest BCUT2D eigenvalue weighted by Crippen LogP contribution is -2.30. The molecule has 0 unspecified atom stereocenters. The summed E-state index contributed by atoms with van der Waals surface area (Å²) < 4.78 is 0. The first-order chi connectivity index (χ1) is 11.1.